The van der Waals surface area contributed by atoms with Crippen LogP contribution in [0, 0.1) is 0 Å². The van der Waals surface area contributed by atoms with E-state index in [9.17, 15) is 9.59 Å². The molecule has 2 amide bonds. The van der Waals surface area contributed by atoms with Gasteiger partial charge in [0.1, 0.15) is 0 Å². The molecule has 0 unspecified atom stereocenters. The lowest BCUT2D eigenvalue weighted by molar-refractivity contribution is -0.117. The fourth-order valence-electron chi connectivity index (χ4n) is 0.988. The highest BCUT2D eigenvalue weighted by molar-refractivity contribution is 5.80. The zero-order valence-electron chi connectivity index (χ0n) is 9.70. The molecule has 0 bridgehead atoms. The molecule has 0 aliphatic carbocycles. The van der Waals surface area contributed by atoms with Crippen molar-refractivity contribution < 1.29 is 14.3 Å². The molecule has 5 heteroatoms. The van der Waals surface area contributed by atoms with Crippen LogP contribution in [-0.2, 0) is 9.53 Å². The number of primary amides is 1. The van der Waals surface area contributed by atoms with Crippen LogP contribution in [0.4, 0.5) is 4.79 Å². The number of allylic oxidation sites excluding steroid dienone is 1. The summed E-state index contributed by atoms with van der Waals surface area (Å²) in [5.74, 6) is -0.587. The topological polar surface area (TPSA) is 81.4 Å². The highest BCUT2D eigenvalue weighted by Gasteiger charge is 2.01. The molecule has 0 radical (unpaired) electrons. The molecule has 0 saturated heterocycles. The predicted octanol–water partition coefficient (Wildman–Crippen LogP) is 1.33. The van der Waals surface area contributed by atoms with Crippen molar-refractivity contribution in [1.29, 1.82) is 0 Å². The first-order valence-corrected chi connectivity index (χ1v) is 5.50. The van der Waals surface area contributed by atoms with Crippen LogP contribution in [0.15, 0.2) is 12.2 Å². The number of hydrogen-bond acceptors (Lipinski definition) is 3. The molecular formula is C11H20N2O3. The van der Waals surface area contributed by atoms with Gasteiger partial charge in [0, 0.05) is 0 Å². The van der Waals surface area contributed by atoms with E-state index in [1.807, 2.05) is 6.08 Å². The number of nitrogens with two attached hydrogens (primary N) is 1. The normalized spacial score (nSPS) is 10.3. The highest BCUT2D eigenvalue weighted by atomic mass is 16.5. The maximum absolute atomic E-state index is 10.9. The third-order valence-electron chi connectivity index (χ3n) is 1.82. The van der Waals surface area contributed by atoms with Crippen molar-refractivity contribution in [1.82, 2.24) is 5.32 Å². The summed E-state index contributed by atoms with van der Waals surface area (Å²) in [6, 6.07) is 0. The Balaban J connectivity index is 3.33. The second kappa shape index (κ2) is 10.0. The first-order valence-electron chi connectivity index (χ1n) is 5.50. The number of alkyl carbamates (subject to hydrolysis) is 1. The zero-order chi connectivity index (χ0) is 12.2. The van der Waals surface area contributed by atoms with Crippen LogP contribution in [0.25, 0.3) is 0 Å². The average molecular weight is 228 g/mol. The van der Waals surface area contributed by atoms with Crippen molar-refractivity contribution >= 4 is 12.0 Å². The summed E-state index contributed by atoms with van der Waals surface area (Å²) < 4.78 is 4.79. The lowest BCUT2D eigenvalue weighted by Gasteiger charge is -2.03. The molecule has 0 rings (SSSR count). The summed E-state index contributed by atoms with van der Waals surface area (Å²) in [4.78, 5) is 21.2. The summed E-state index contributed by atoms with van der Waals surface area (Å²) in [5, 5.41) is 2.23. The Morgan fingerprint density at radius 2 is 2.00 bits per heavy atom. The molecule has 0 aliphatic heterocycles. The molecule has 0 aromatic heterocycles. The van der Waals surface area contributed by atoms with Gasteiger partial charge in [0.05, 0.1) is 13.2 Å². The molecule has 0 spiro atoms. The Kier molecular flexibility index (Phi) is 9.06. The van der Waals surface area contributed by atoms with Crippen LogP contribution < -0.4 is 11.1 Å². The summed E-state index contributed by atoms with van der Waals surface area (Å²) in [6.45, 7) is 2.26. The molecule has 3 N–H and O–H groups in total. The fraction of sp³-hybridized carbons (Fsp3) is 0.636. The Bertz CT molecular complexity index is 239. The minimum atomic E-state index is -0.610. The van der Waals surface area contributed by atoms with E-state index in [4.69, 9.17) is 10.5 Å². The molecule has 5 nitrogen and oxygen atoms in total. The highest BCUT2D eigenvalue weighted by Crippen LogP contribution is 1.96. The molecule has 16 heavy (non-hydrogen) atoms. The molecule has 0 atom stereocenters. The van der Waals surface area contributed by atoms with Crippen molar-refractivity contribution in [3.05, 3.63) is 12.2 Å². The van der Waals surface area contributed by atoms with Crippen molar-refractivity contribution in [2.75, 3.05) is 13.2 Å². The van der Waals surface area contributed by atoms with E-state index in [1.165, 1.54) is 12.8 Å². The van der Waals surface area contributed by atoms with Gasteiger partial charge in [-0.05, 0) is 12.8 Å². The van der Waals surface area contributed by atoms with Gasteiger partial charge in [-0.15, -0.1) is 0 Å². The maximum Gasteiger partial charge on any atom is 0.407 e. The third kappa shape index (κ3) is 10.6. The number of rotatable bonds is 8. The van der Waals surface area contributed by atoms with E-state index in [-0.39, 0.29) is 6.54 Å². The molecule has 0 aromatic carbocycles. The Morgan fingerprint density at radius 1 is 1.31 bits per heavy atom. The minimum Gasteiger partial charge on any atom is -0.449 e. The predicted molar refractivity (Wildman–Crippen MR) is 61.8 cm³/mol. The molecule has 0 fully saturated rings. The summed E-state index contributed by atoms with van der Waals surface area (Å²) in [7, 11) is 0. The van der Waals surface area contributed by atoms with Gasteiger partial charge in [-0.25, -0.2) is 4.79 Å². The second-order valence-corrected chi connectivity index (χ2v) is 3.36. The zero-order valence-corrected chi connectivity index (χ0v) is 9.70. The summed E-state index contributed by atoms with van der Waals surface area (Å²) in [6.07, 6.45) is 7.55. The largest absolute Gasteiger partial charge is 0.449 e. The molecule has 0 aromatic rings. The van der Waals surface area contributed by atoms with E-state index in [2.05, 4.69) is 18.3 Å². The van der Waals surface area contributed by atoms with Crippen molar-refractivity contribution in [3.8, 4) is 0 Å². The Labute approximate surface area is 96.0 Å². The van der Waals surface area contributed by atoms with E-state index in [0.29, 0.717) is 13.0 Å². The van der Waals surface area contributed by atoms with E-state index in [0.717, 1.165) is 6.42 Å². The lowest BCUT2D eigenvalue weighted by Crippen LogP contribution is -2.33. The quantitative estimate of drug-likeness (QED) is 0.486. The Morgan fingerprint density at radius 3 is 2.62 bits per heavy atom. The molecular weight excluding hydrogens is 208 g/mol. The van der Waals surface area contributed by atoms with E-state index in [1.54, 1.807) is 0 Å². The molecule has 92 valence electrons. The SMILES string of the molecule is CCCCC=CCCOC(=O)NCC(N)=O. The van der Waals surface area contributed by atoms with Crippen LogP contribution in [-0.4, -0.2) is 25.2 Å². The first kappa shape index (κ1) is 14.5. The van der Waals surface area contributed by atoms with Crippen molar-refractivity contribution in [2.24, 2.45) is 5.73 Å². The number of carbonyl (C=O) groups is 2. The van der Waals surface area contributed by atoms with Gasteiger partial charge >= 0.3 is 6.09 Å². The molecule has 0 aliphatic rings. The number of amides is 2. The molecule has 0 saturated carbocycles. The lowest BCUT2D eigenvalue weighted by atomic mass is 10.2. The second-order valence-electron chi connectivity index (χ2n) is 3.36. The van der Waals surface area contributed by atoms with Gasteiger partial charge in [0.25, 0.3) is 0 Å². The van der Waals surface area contributed by atoms with Crippen LogP contribution in [0.1, 0.15) is 32.6 Å². The minimum absolute atomic E-state index is 0.189. The fourth-order valence-corrected chi connectivity index (χ4v) is 0.988. The molecule has 0 heterocycles. The van der Waals surface area contributed by atoms with Gasteiger partial charge in [-0.2, -0.15) is 0 Å². The van der Waals surface area contributed by atoms with Crippen LogP contribution in [0.5, 0.6) is 0 Å². The van der Waals surface area contributed by atoms with Gasteiger partial charge in [0.2, 0.25) is 5.91 Å². The number of carbonyl (C=O) groups excluding carboxylic acids is 2. The van der Waals surface area contributed by atoms with Gasteiger partial charge < -0.3 is 15.8 Å². The number of hydrogen-bond donors (Lipinski definition) is 2. The van der Waals surface area contributed by atoms with E-state index >= 15 is 0 Å². The summed E-state index contributed by atoms with van der Waals surface area (Å²) in [5.41, 5.74) is 4.84. The maximum atomic E-state index is 10.9. The number of ether oxygens (including phenoxy) is 1. The monoisotopic (exact) mass is 228 g/mol. The van der Waals surface area contributed by atoms with Crippen LogP contribution in [0.2, 0.25) is 0 Å². The average Bonchev–Trinajstić information content (AvgIpc) is 2.25. The van der Waals surface area contributed by atoms with Gasteiger partial charge in [0.15, 0.2) is 0 Å². The van der Waals surface area contributed by atoms with Crippen LogP contribution >= 0.6 is 0 Å². The standard InChI is InChI=1S/C11H20N2O3/c1-2-3-4-5-6-7-8-16-11(15)13-9-10(12)14/h5-6H,2-4,7-9H2,1H3,(H2,12,14)(H,13,15). The van der Waals surface area contributed by atoms with Gasteiger partial charge in [-0.1, -0.05) is 31.9 Å². The smallest absolute Gasteiger partial charge is 0.407 e. The van der Waals surface area contributed by atoms with Crippen LogP contribution in [0.3, 0.4) is 0 Å². The first-order chi connectivity index (χ1) is 7.66. The Hall–Kier alpha value is -1.52. The number of nitrogens with one attached hydrogen (secondary N) is 1. The van der Waals surface area contributed by atoms with Crippen molar-refractivity contribution in [3.63, 3.8) is 0 Å². The van der Waals surface area contributed by atoms with Crippen molar-refractivity contribution in [2.45, 2.75) is 32.6 Å². The van der Waals surface area contributed by atoms with E-state index < -0.39 is 12.0 Å². The number of unbranched alkanes of at least 4 members (excludes halogenated alkanes) is 2. The third-order valence-corrected chi connectivity index (χ3v) is 1.82. The summed E-state index contributed by atoms with van der Waals surface area (Å²) >= 11 is 0. The van der Waals surface area contributed by atoms with Gasteiger partial charge in [-0.3, -0.25) is 4.79 Å².